The lowest BCUT2D eigenvalue weighted by atomic mass is 10.2. The van der Waals surface area contributed by atoms with Crippen LogP contribution in [-0.4, -0.2) is 24.1 Å². The number of methoxy groups -OCH3 is 1. The number of anilines is 1. The van der Waals surface area contributed by atoms with Crippen LogP contribution >= 0.6 is 11.6 Å². The van der Waals surface area contributed by atoms with Gasteiger partial charge in [0.1, 0.15) is 11.9 Å². The molecule has 2 heterocycles. The van der Waals surface area contributed by atoms with Crippen LogP contribution in [0.1, 0.15) is 22.5 Å². The number of nitriles is 1. The standard InChI is InChI=1S/C16H17ClN4O2/c1-9-11(6-18)5-13(17)16(20-9)21(3)8-12-7-19-10(2)15(23-4)14(12)22/h5,7H,8H2,1-4H3,(H,19,22). The van der Waals surface area contributed by atoms with Gasteiger partial charge >= 0.3 is 0 Å². The Morgan fingerprint density at radius 1 is 1.48 bits per heavy atom. The van der Waals surface area contributed by atoms with Crippen LogP contribution in [0.25, 0.3) is 0 Å². The Bertz CT molecular complexity index is 839. The van der Waals surface area contributed by atoms with Crippen LogP contribution in [0, 0.1) is 25.2 Å². The fourth-order valence-electron chi connectivity index (χ4n) is 2.29. The van der Waals surface area contributed by atoms with Crippen LogP contribution in [0.5, 0.6) is 5.75 Å². The van der Waals surface area contributed by atoms with E-state index in [1.54, 1.807) is 38.1 Å². The number of H-pyrrole nitrogens is 1. The average molecular weight is 333 g/mol. The van der Waals surface area contributed by atoms with E-state index >= 15 is 0 Å². The molecule has 7 heteroatoms. The molecule has 0 amide bonds. The topological polar surface area (TPSA) is 82.0 Å². The summed E-state index contributed by atoms with van der Waals surface area (Å²) in [7, 11) is 3.25. The maximum absolute atomic E-state index is 12.4. The second kappa shape index (κ2) is 6.71. The number of pyridine rings is 2. The highest BCUT2D eigenvalue weighted by Crippen LogP contribution is 2.26. The SMILES string of the molecule is COc1c(C)[nH]cc(CN(C)c2nc(C)c(C#N)cc2Cl)c1=O. The molecule has 1 N–H and O–H groups in total. The van der Waals surface area contributed by atoms with E-state index in [-0.39, 0.29) is 5.43 Å². The number of halogens is 1. The van der Waals surface area contributed by atoms with E-state index in [0.717, 1.165) is 0 Å². The molecule has 0 radical (unpaired) electrons. The fourth-order valence-corrected chi connectivity index (χ4v) is 2.58. The third-order valence-electron chi connectivity index (χ3n) is 3.54. The molecule has 0 aliphatic rings. The molecule has 23 heavy (non-hydrogen) atoms. The Balaban J connectivity index is 2.37. The maximum Gasteiger partial charge on any atom is 0.228 e. The van der Waals surface area contributed by atoms with Crippen LogP contribution in [0.2, 0.25) is 5.02 Å². The van der Waals surface area contributed by atoms with E-state index in [0.29, 0.717) is 45.6 Å². The minimum absolute atomic E-state index is 0.169. The Hall–Kier alpha value is -2.52. The van der Waals surface area contributed by atoms with Crippen molar-refractivity contribution in [2.45, 2.75) is 20.4 Å². The first-order valence-corrected chi connectivity index (χ1v) is 7.30. The first-order chi connectivity index (χ1) is 10.9. The molecule has 0 spiro atoms. The van der Waals surface area contributed by atoms with Crippen LogP contribution in [0.15, 0.2) is 17.1 Å². The molecule has 6 nitrogen and oxygen atoms in total. The van der Waals surface area contributed by atoms with Gasteiger partial charge in [-0.2, -0.15) is 5.26 Å². The summed E-state index contributed by atoms with van der Waals surface area (Å²) in [5.74, 6) is 0.813. The molecule has 0 bridgehead atoms. The third-order valence-corrected chi connectivity index (χ3v) is 3.82. The lowest BCUT2D eigenvalue weighted by Crippen LogP contribution is -2.24. The largest absolute Gasteiger partial charge is 0.491 e. The molecule has 0 fully saturated rings. The predicted octanol–water partition coefficient (Wildman–Crippen LogP) is 2.56. The summed E-state index contributed by atoms with van der Waals surface area (Å²) in [6.45, 7) is 3.83. The summed E-state index contributed by atoms with van der Waals surface area (Å²) >= 11 is 6.20. The van der Waals surface area contributed by atoms with E-state index in [2.05, 4.69) is 9.97 Å². The van der Waals surface area contributed by atoms with Gasteiger partial charge in [-0.15, -0.1) is 0 Å². The highest BCUT2D eigenvalue weighted by Gasteiger charge is 2.15. The van der Waals surface area contributed by atoms with E-state index in [1.165, 1.54) is 7.11 Å². The molecule has 120 valence electrons. The number of hydrogen-bond acceptors (Lipinski definition) is 5. The van der Waals surface area contributed by atoms with Crippen molar-refractivity contribution in [1.29, 1.82) is 5.26 Å². The van der Waals surface area contributed by atoms with Crippen LogP contribution < -0.4 is 15.1 Å². The van der Waals surface area contributed by atoms with Crippen LogP contribution in [-0.2, 0) is 6.54 Å². The van der Waals surface area contributed by atoms with Gasteiger partial charge in [0.05, 0.1) is 29.1 Å². The number of nitrogens with zero attached hydrogens (tertiary/aromatic N) is 3. The normalized spacial score (nSPS) is 10.3. The van der Waals surface area contributed by atoms with Gasteiger partial charge < -0.3 is 14.6 Å². The Morgan fingerprint density at radius 2 is 2.17 bits per heavy atom. The fraction of sp³-hybridized carbons (Fsp3) is 0.312. The third kappa shape index (κ3) is 3.30. The number of rotatable bonds is 4. The van der Waals surface area contributed by atoms with Gasteiger partial charge in [0, 0.05) is 25.4 Å². The summed E-state index contributed by atoms with van der Waals surface area (Å²) in [5, 5.41) is 9.37. The van der Waals surface area contributed by atoms with Crippen molar-refractivity contribution in [1.82, 2.24) is 9.97 Å². The highest BCUT2D eigenvalue weighted by atomic mass is 35.5. The van der Waals surface area contributed by atoms with Crippen molar-refractivity contribution >= 4 is 17.4 Å². The van der Waals surface area contributed by atoms with Crippen molar-refractivity contribution in [3.63, 3.8) is 0 Å². The Kier molecular flexibility index (Phi) is 4.92. The quantitative estimate of drug-likeness (QED) is 0.930. The second-order valence-electron chi connectivity index (χ2n) is 5.20. The van der Waals surface area contributed by atoms with E-state index in [4.69, 9.17) is 21.6 Å². The van der Waals surface area contributed by atoms with Gasteiger partial charge in [-0.1, -0.05) is 11.6 Å². The number of hydrogen-bond donors (Lipinski definition) is 1. The Morgan fingerprint density at radius 3 is 2.78 bits per heavy atom. The molecular formula is C16H17ClN4O2. The molecule has 2 rings (SSSR count). The van der Waals surface area contributed by atoms with Gasteiger partial charge in [0.25, 0.3) is 0 Å². The summed E-state index contributed by atoms with van der Waals surface area (Å²) < 4.78 is 5.14. The Labute approximate surface area is 139 Å². The summed E-state index contributed by atoms with van der Waals surface area (Å²) in [5.41, 5.74) is 2.07. The zero-order valence-electron chi connectivity index (χ0n) is 13.4. The van der Waals surface area contributed by atoms with Crippen molar-refractivity contribution in [2.24, 2.45) is 0 Å². The molecule has 0 saturated carbocycles. The summed E-state index contributed by atoms with van der Waals surface area (Å²) in [6, 6.07) is 3.62. The van der Waals surface area contributed by atoms with Crippen LogP contribution in [0.4, 0.5) is 5.82 Å². The van der Waals surface area contributed by atoms with E-state index in [1.807, 2.05) is 6.07 Å². The molecule has 0 unspecified atom stereocenters. The number of ether oxygens (including phenoxy) is 1. The average Bonchev–Trinajstić information content (AvgIpc) is 2.52. The number of aromatic amines is 1. The zero-order valence-corrected chi connectivity index (χ0v) is 14.2. The summed E-state index contributed by atoms with van der Waals surface area (Å²) in [4.78, 5) is 21.5. The molecule has 0 aromatic carbocycles. The minimum atomic E-state index is -0.169. The number of nitrogens with one attached hydrogen (secondary N) is 1. The van der Waals surface area contributed by atoms with E-state index < -0.39 is 0 Å². The van der Waals surface area contributed by atoms with Gasteiger partial charge in [0.2, 0.25) is 5.43 Å². The lowest BCUT2D eigenvalue weighted by molar-refractivity contribution is 0.404. The first-order valence-electron chi connectivity index (χ1n) is 6.92. The lowest BCUT2D eigenvalue weighted by Gasteiger charge is -2.20. The molecule has 2 aromatic heterocycles. The molecule has 0 aliphatic heterocycles. The van der Waals surface area contributed by atoms with Gasteiger partial charge in [-0.05, 0) is 19.9 Å². The monoisotopic (exact) mass is 332 g/mol. The van der Waals surface area contributed by atoms with Gasteiger partial charge in [-0.3, -0.25) is 4.79 Å². The van der Waals surface area contributed by atoms with Crippen molar-refractivity contribution in [2.75, 3.05) is 19.1 Å². The summed E-state index contributed by atoms with van der Waals surface area (Å²) in [6.07, 6.45) is 1.65. The first kappa shape index (κ1) is 16.8. The zero-order chi connectivity index (χ0) is 17.1. The van der Waals surface area contributed by atoms with Crippen molar-refractivity contribution < 1.29 is 4.74 Å². The molecular weight excluding hydrogens is 316 g/mol. The minimum Gasteiger partial charge on any atom is -0.491 e. The molecule has 2 aromatic rings. The van der Waals surface area contributed by atoms with Gasteiger partial charge in [0.15, 0.2) is 5.75 Å². The number of aromatic nitrogens is 2. The smallest absolute Gasteiger partial charge is 0.228 e. The molecule has 0 saturated heterocycles. The van der Waals surface area contributed by atoms with Crippen molar-refractivity contribution in [3.8, 4) is 11.8 Å². The highest BCUT2D eigenvalue weighted by molar-refractivity contribution is 6.33. The van der Waals surface area contributed by atoms with Gasteiger partial charge in [-0.25, -0.2) is 4.98 Å². The second-order valence-corrected chi connectivity index (χ2v) is 5.60. The molecule has 0 aliphatic carbocycles. The van der Waals surface area contributed by atoms with Crippen LogP contribution in [0.3, 0.4) is 0 Å². The van der Waals surface area contributed by atoms with Crippen molar-refractivity contribution in [3.05, 3.63) is 50.0 Å². The predicted molar refractivity (Wildman–Crippen MR) is 89.2 cm³/mol. The maximum atomic E-state index is 12.4. The molecule has 0 atom stereocenters. The van der Waals surface area contributed by atoms with E-state index in [9.17, 15) is 4.79 Å². The number of aryl methyl sites for hydroxylation is 2.